The van der Waals surface area contributed by atoms with E-state index in [0.29, 0.717) is 12.1 Å². The number of nitrogens with two attached hydrogens (primary N) is 1. The van der Waals surface area contributed by atoms with Crippen LogP contribution in [-0.2, 0) is 16.1 Å². The van der Waals surface area contributed by atoms with Gasteiger partial charge in [0.25, 0.3) is 0 Å². The number of carbonyl (C=O) groups excluding carboxylic acids is 1. The standard InChI is InChI=1S/C21H23N5O.C2HF3O2/c1-14-19-20(18(7-8-24-19)25-9-3-6-17(23)13-25)26(21(14)27)12-16-5-2-4-15(10-16)11-22;3-2(4,5)1(6)7/h2,4-5,7-8,10,14,17H,3,6,9,12-13,23H2,1H3;(H,6,7)/t14-,17?;/m1./s1. The minimum atomic E-state index is -5.08. The van der Waals surface area contributed by atoms with Crippen molar-refractivity contribution < 1.29 is 27.9 Å². The molecule has 34 heavy (non-hydrogen) atoms. The number of fused-ring (bicyclic) bond motifs is 1. The lowest BCUT2D eigenvalue weighted by molar-refractivity contribution is -0.192. The third kappa shape index (κ3) is 5.46. The first-order valence-corrected chi connectivity index (χ1v) is 10.6. The van der Waals surface area contributed by atoms with Gasteiger partial charge in [0, 0.05) is 25.3 Å². The Morgan fingerprint density at radius 1 is 1.35 bits per heavy atom. The van der Waals surface area contributed by atoms with E-state index in [1.807, 2.05) is 36.1 Å². The number of anilines is 2. The van der Waals surface area contributed by atoms with Gasteiger partial charge in [-0.1, -0.05) is 12.1 Å². The highest BCUT2D eigenvalue weighted by Crippen LogP contribution is 2.43. The first kappa shape index (κ1) is 25.0. The van der Waals surface area contributed by atoms with Gasteiger partial charge < -0.3 is 20.6 Å². The summed E-state index contributed by atoms with van der Waals surface area (Å²) >= 11 is 0. The van der Waals surface area contributed by atoms with Gasteiger partial charge in [-0.15, -0.1) is 0 Å². The van der Waals surface area contributed by atoms with Gasteiger partial charge in [0.15, 0.2) is 0 Å². The molecule has 1 aromatic carbocycles. The highest BCUT2D eigenvalue weighted by Gasteiger charge is 2.39. The lowest BCUT2D eigenvalue weighted by Gasteiger charge is -2.35. The number of carboxylic acid groups (broad SMARTS) is 1. The molecule has 8 nitrogen and oxygen atoms in total. The van der Waals surface area contributed by atoms with Gasteiger partial charge in [-0.2, -0.15) is 18.4 Å². The maximum Gasteiger partial charge on any atom is 0.490 e. The van der Waals surface area contributed by atoms with Crippen LogP contribution in [0.2, 0.25) is 0 Å². The number of aromatic nitrogens is 1. The van der Waals surface area contributed by atoms with Crippen molar-refractivity contribution >= 4 is 23.3 Å². The van der Waals surface area contributed by atoms with Crippen molar-refractivity contribution in [3.8, 4) is 6.07 Å². The Balaban J connectivity index is 0.000000406. The molecule has 2 atom stereocenters. The van der Waals surface area contributed by atoms with Crippen molar-refractivity contribution in [1.82, 2.24) is 4.98 Å². The molecular formula is C23H24F3N5O3. The summed E-state index contributed by atoms with van der Waals surface area (Å²) in [6.07, 6.45) is -1.21. The molecule has 0 radical (unpaired) electrons. The highest BCUT2D eigenvalue weighted by atomic mass is 19.4. The highest BCUT2D eigenvalue weighted by molar-refractivity contribution is 6.07. The van der Waals surface area contributed by atoms with Crippen LogP contribution in [0.15, 0.2) is 36.5 Å². The summed E-state index contributed by atoms with van der Waals surface area (Å²) in [4.78, 5) is 30.5. The molecule has 2 aliphatic rings. The lowest BCUT2D eigenvalue weighted by atomic mass is 10.0. The number of benzene rings is 1. The Hall–Kier alpha value is -3.65. The first-order valence-electron chi connectivity index (χ1n) is 10.6. The van der Waals surface area contributed by atoms with Gasteiger partial charge in [0.2, 0.25) is 5.91 Å². The molecule has 3 heterocycles. The molecule has 4 rings (SSSR count). The molecule has 0 saturated carbocycles. The molecule has 1 fully saturated rings. The van der Waals surface area contributed by atoms with E-state index in [9.17, 15) is 18.0 Å². The number of hydrogen-bond acceptors (Lipinski definition) is 6. The molecule has 1 amide bonds. The minimum Gasteiger partial charge on any atom is -0.475 e. The summed E-state index contributed by atoms with van der Waals surface area (Å²) < 4.78 is 31.7. The number of pyridine rings is 1. The van der Waals surface area contributed by atoms with Crippen molar-refractivity contribution in [2.24, 2.45) is 5.73 Å². The number of carboxylic acids is 1. The number of amides is 1. The topological polar surface area (TPSA) is 124 Å². The van der Waals surface area contributed by atoms with Crippen molar-refractivity contribution in [1.29, 1.82) is 5.26 Å². The molecule has 1 unspecified atom stereocenters. The Morgan fingerprint density at radius 2 is 2.06 bits per heavy atom. The fraction of sp³-hybridized carbons (Fsp3) is 0.391. The predicted octanol–water partition coefficient (Wildman–Crippen LogP) is 3.16. The summed E-state index contributed by atoms with van der Waals surface area (Å²) in [5, 5.41) is 16.3. The van der Waals surface area contributed by atoms with Crippen LogP contribution in [0.3, 0.4) is 0 Å². The van der Waals surface area contributed by atoms with Gasteiger partial charge in [-0.3, -0.25) is 9.78 Å². The van der Waals surface area contributed by atoms with Crippen LogP contribution < -0.4 is 15.5 Å². The predicted molar refractivity (Wildman–Crippen MR) is 118 cm³/mol. The van der Waals surface area contributed by atoms with E-state index in [1.165, 1.54) is 0 Å². The van der Waals surface area contributed by atoms with E-state index in [1.54, 1.807) is 12.3 Å². The summed E-state index contributed by atoms with van der Waals surface area (Å²) in [7, 11) is 0. The fourth-order valence-electron chi connectivity index (χ4n) is 4.08. The number of halogens is 3. The Morgan fingerprint density at radius 3 is 2.68 bits per heavy atom. The van der Waals surface area contributed by atoms with Gasteiger partial charge >= 0.3 is 12.1 Å². The number of nitrogens with zero attached hydrogens (tertiary/aromatic N) is 4. The number of nitriles is 1. The van der Waals surface area contributed by atoms with Crippen LogP contribution in [0.25, 0.3) is 0 Å². The zero-order valence-electron chi connectivity index (χ0n) is 18.4. The molecule has 0 aliphatic carbocycles. The van der Waals surface area contributed by atoms with Gasteiger partial charge in [0.1, 0.15) is 0 Å². The number of carbonyl (C=O) groups is 2. The normalized spacial score (nSPS) is 19.7. The third-order valence-corrected chi connectivity index (χ3v) is 5.69. The molecule has 0 spiro atoms. The zero-order chi connectivity index (χ0) is 25.0. The fourth-order valence-corrected chi connectivity index (χ4v) is 4.08. The Bertz CT molecular complexity index is 1120. The van der Waals surface area contributed by atoms with E-state index in [-0.39, 0.29) is 17.9 Å². The zero-order valence-corrected chi connectivity index (χ0v) is 18.4. The number of alkyl halides is 3. The number of aliphatic carboxylic acids is 1. The van der Waals surface area contributed by atoms with E-state index in [2.05, 4.69) is 16.0 Å². The van der Waals surface area contributed by atoms with E-state index in [0.717, 1.165) is 48.6 Å². The second kappa shape index (κ2) is 10.1. The number of rotatable bonds is 3. The van der Waals surface area contributed by atoms with Crippen molar-refractivity contribution in [3.63, 3.8) is 0 Å². The second-order valence-electron chi connectivity index (χ2n) is 8.17. The molecule has 11 heteroatoms. The molecule has 0 bridgehead atoms. The first-order chi connectivity index (χ1) is 16.0. The van der Waals surface area contributed by atoms with E-state index in [4.69, 9.17) is 20.9 Å². The molecule has 1 saturated heterocycles. The van der Waals surface area contributed by atoms with Crippen LogP contribution in [0, 0.1) is 11.3 Å². The van der Waals surface area contributed by atoms with Crippen LogP contribution in [0.4, 0.5) is 24.5 Å². The quantitative estimate of drug-likeness (QED) is 0.699. The maximum absolute atomic E-state index is 13.0. The van der Waals surface area contributed by atoms with Crippen LogP contribution >= 0.6 is 0 Å². The van der Waals surface area contributed by atoms with Crippen molar-refractivity contribution in [3.05, 3.63) is 53.3 Å². The van der Waals surface area contributed by atoms with Crippen LogP contribution in [0.5, 0.6) is 0 Å². The Kier molecular flexibility index (Phi) is 7.41. The third-order valence-electron chi connectivity index (χ3n) is 5.69. The van der Waals surface area contributed by atoms with Gasteiger partial charge in [-0.25, -0.2) is 4.79 Å². The van der Waals surface area contributed by atoms with Gasteiger partial charge in [-0.05, 0) is 43.5 Å². The molecule has 1 aromatic heterocycles. The summed E-state index contributed by atoms with van der Waals surface area (Å²) in [5.41, 5.74) is 10.5. The summed E-state index contributed by atoms with van der Waals surface area (Å²) in [6, 6.07) is 11.7. The summed E-state index contributed by atoms with van der Waals surface area (Å²) in [5.74, 6) is -2.97. The minimum absolute atomic E-state index is 0.0496. The average molecular weight is 475 g/mol. The van der Waals surface area contributed by atoms with E-state index < -0.39 is 12.1 Å². The second-order valence-corrected chi connectivity index (χ2v) is 8.17. The van der Waals surface area contributed by atoms with Crippen LogP contribution in [-0.4, -0.2) is 47.3 Å². The summed E-state index contributed by atoms with van der Waals surface area (Å²) in [6.45, 7) is 4.07. The monoisotopic (exact) mass is 475 g/mol. The SMILES string of the molecule is C[C@H]1C(=O)N(Cc2cccc(C#N)c2)c2c(N3CCCC(N)C3)ccnc21.O=C(O)C(F)(F)F. The smallest absolute Gasteiger partial charge is 0.475 e. The number of piperidine rings is 1. The van der Waals surface area contributed by atoms with E-state index >= 15 is 0 Å². The molecule has 3 N–H and O–H groups in total. The maximum atomic E-state index is 13.0. The molecular weight excluding hydrogens is 451 g/mol. The number of hydrogen-bond donors (Lipinski definition) is 2. The Labute approximate surface area is 194 Å². The lowest BCUT2D eigenvalue weighted by Crippen LogP contribution is -2.43. The average Bonchev–Trinajstić information content (AvgIpc) is 3.04. The van der Waals surface area contributed by atoms with Gasteiger partial charge in [0.05, 0.1) is 41.2 Å². The van der Waals surface area contributed by atoms with Crippen molar-refractivity contribution in [2.75, 3.05) is 22.9 Å². The van der Waals surface area contributed by atoms with Crippen LogP contribution in [0.1, 0.15) is 42.5 Å². The molecule has 2 aliphatic heterocycles. The largest absolute Gasteiger partial charge is 0.490 e. The molecule has 180 valence electrons. The molecule has 2 aromatic rings. The van der Waals surface area contributed by atoms with Crippen molar-refractivity contribution in [2.45, 2.75) is 44.4 Å².